The zero-order valence-electron chi connectivity index (χ0n) is 10.3. The highest BCUT2D eigenvalue weighted by Crippen LogP contribution is 2.45. The fourth-order valence-corrected chi connectivity index (χ4v) is 2.83. The maximum Gasteiger partial charge on any atom is 0.0406 e. The normalized spacial score (nSPS) is 21.8. The summed E-state index contributed by atoms with van der Waals surface area (Å²) in [6, 6.07) is 9.45. The van der Waals surface area contributed by atoms with Gasteiger partial charge in [0.05, 0.1) is 0 Å². The third kappa shape index (κ3) is 2.83. The summed E-state index contributed by atoms with van der Waals surface area (Å²) in [5.74, 6) is 1.91. The Bertz CT molecular complexity index is 366. The fourth-order valence-electron chi connectivity index (χ4n) is 2.70. The summed E-state index contributed by atoms with van der Waals surface area (Å²) in [6.07, 6.45) is 5.73. The maximum atomic E-state index is 5.92. The minimum atomic E-state index is 0.443. The number of nitrogens with one attached hydrogen (secondary N) is 1. The molecule has 17 heavy (non-hydrogen) atoms. The van der Waals surface area contributed by atoms with Crippen LogP contribution in [0.4, 0.5) is 0 Å². The lowest BCUT2D eigenvalue weighted by Crippen LogP contribution is -2.35. The minimum Gasteiger partial charge on any atom is -0.307 e. The highest BCUT2D eigenvalue weighted by molar-refractivity contribution is 6.30. The van der Waals surface area contributed by atoms with Crippen molar-refractivity contribution in [2.24, 2.45) is 11.8 Å². The molecular weight excluding hydrogens is 230 g/mol. The molecule has 2 aliphatic carbocycles. The van der Waals surface area contributed by atoms with Crippen molar-refractivity contribution >= 4 is 11.6 Å². The van der Waals surface area contributed by atoms with Crippen LogP contribution in [0.1, 0.15) is 44.2 Å². The molecule has 0 spiro atoms. The van der Waals surface area contributed by atoms with Gasteiger partial charge in [0.25, 0.3) is 0 Å². The van der Waals surface area contributed by atoms with Crippen molar-refractivity contribution in [3.8, 4) is 0 Å². The summed E-state index contributed by atoms with van der Waals surface area (Å²) in [5.41, 5.74) is 1.35. The predicted molar refractivity (Wildman–Crippen MR) is 72.2 cm³/mol. The van der Waals surface area contributed by atoms with Crippen LogP contribution < -0.4 is 5.32 Å². The molecule has 1 aromatic carbocycles. The molecule has 0 bridgehead atoms. The molecule has 92 valence electrons. The Morgan fingerprint density at radius 2 is 1.59 bits per heavy atom. The van der Waals surface area contributed by atoms with E-state index in [0.29, 0.717) is 6.04 Å². The Hall–Kier alpha value is -0.530. The molecule has 0 saturated heterocycles. The van der Waals surface area contributed by atoms with Gasteiger partial charge in [-0.2, -0.15) is 0 Å². The van der Waals surface area contributed by atoms with Gasteiger partial charge >= 0.3 is 0 Å². The van der Waals surface area contributed by atoms with Crippen LogP contribution in [0.3, 0.4) is 0 Å². The van der Waals surface area contributed by atoms with E-state index < -0.39 is 0 Å². The molecule has 1 N–H and O–H groups in total. The zero-order chi connectivity index (χ0) is 11.8. The molecule has 0 aromatic heterocycles. The highest BCUT2D eigenvalue weighted by atomic mass is 35.5. The monoisotopic (exact) mass is 249 g/mol. The zero-order valence-corrected chi connectivity index (χ0v) is 11.1. The first-order chi connectivity index (χ1) is 8.24. The van der Waals surface area contributed by atoms with Crippen LogP contribution in [0.25, 0.3) is 0 Å². The second-order valence-electron chi connectivity index (χ2n) is 5.64. The number of hydrogen-bond donors (Lipinski definition) is 1. The quantitative estimate of drug-likeness (QED) is 0.826. The summed E-state index contributed by atoms with van der Waals surface area (Å²) in [6.45, 7) is 2.26. The van der Waals surface area contributed by atoms with Crippen LogP contribution in [-0.4, -0.2) is 6.04 Å². The van der Waals surface area contributed by atoms with E-state index in [4.69, 9.17) is 11.6 Å². The van der Waals surface area contributed by atoms with Crippen molar-refractivity contribution in [3.63, 3.8) is 0 Å². The Kier molecular flexibility index (Phi) is 3.14. The molecule has 0 unspecified atom stereocenters. The van der Waals surface area contributed by atoms with Gasteiger partial charge in [-0.15, -0.1) is 0 Å². The van der Waals surface area contributed by atoms with Crippen molar-refractivity contribution in [3.05, 3.63) is 34.9 Å². The lowest BCUT2D eigenvalue weighted by atomic mass is 10.0. The summed E-state index contributed by atoms with van der Waals surface area (Å²) >= 11 is 5.92. The molecule has 0 amide bonds. The number of halogens is 1. The van der Waals surface area contributed by atoms with Crippen molar-refractivity contribution in [1.29, 1.82) is 0 Å². The molecular formula is C15H20ClN. The molecule has 1 nitrogen and oxygen atoms in total. The highest BCUT2D eigenvalue weighted by Gasteiger charge is 2.41. The van der Waals surface area contributed by atoms with Gasteiger partial charge in [0.1, 0.15) is 0 Å². The Morgan fingerprint density at radius 1 is 1.06 bits per heavy atom. The first-order valence-electron chi connectivity index (χ1n) is 6.75. The molecule has 0 aliphatic heterocycles. The van der Waals surface area contributed by atoms with Crippen molar-refractivity contribution in [1.82, 2.24) is 5.32 Å². The van der Waals surface area contributed by atoms with Crippen LogP contribution >= 0.6 is 11.6 Å². The van der Waals surface area contributed by atoms with Gasteiger partial charge < -0.3 is 5.32 Å². The van der Waals surface area contributed by atoms with E-state index >= 15 is 0 Å². The summed E-state index contributed by atoms with van der Waals surface area (Å²) in [5, 5.41) is 4.65. The van der Waals surface area contributed by atoms with Gasteiger partial charge in [0.15, 0.2) is 0 Å². The third-order valence-corrected chi connectivity index (χ3v) is 4.32. The standard InChI is InChI=1S/C15H20ClN/c1-10(11-6-8-14(16)9-7-11)17-15(12-2-3-12)13-4-5-13/h6-10,12-13,15,17H,2-5H2,1H3/t10-/m1/s1. The van der Waals surface area contributed by atoms with Crippen molar-refractivity contribution in [2.75, 3.05) is 0 Å². The van der Waals surface area contributed by atoms with Gasteiger partial charge in [0, 0.05) is 17.1 Å². The van der Waals surface area contributed by atoms with Gasteiger partial charge in [-0.1, -0.05) is 23.7 Å². The van der Waals surface area contributed by atoms with Gasteiger partial charge in [0.2, 0.25) is 0 Å². The summed E-state index contributed by atoms with van der Waals surface area (Å²) < 4.78 is 0. The van der Waals surface area contributed by atoms with Gasteiger partial charge in [-0.05, 0) is 62.1 Å². The first kappa shape index (κ1) is 11.6. The fraction of sp³-hybridized carbons (Fsp3) is 0.600. The summed E-state index contributed by atoms with van der Waals surface area (Å²) in [4.78, 5) is 0. The van der Waals surface area contributed by atoms with Crippen LogP contribution in [0.15, 0.2) is 24.3 Å². The van der Waals surface area contributed by atoms with E-state index in [1.54, 1.807) is 0 Å². The second-order valence-corrected chi connectivity index (χ2v) is 6.08. The van der Waals surface area contributed by atoms with E-state index in [9.17, 15) is 0 Å². The smallest absolute Gasteiger partial charge is 0.0406 e. The van der Waals surface area contributed by atoms with E-state index in [1.165, 1.54) is 31.2 Å². The van der Waals surface area contributed by atoms with Crippen molar-refractivity contribution in [2.45, 2.75) is 44.7 Å². The molecule has 2 aliphatic rings. The lowest BCUT2D eigenvalue weighted by Gasteiger charge is -2.23. The van der Waals surface area contributed by atoms with Gasteiger partial charge in [-0.3, -0.25) is 0 Å². The van der Waals surface area contributed by atoms with E-state index in [2.05, 4.69) is 24.4 Å². The van der Waals surface area contributed by atoms with Gasteiger partial charge in [-0.25, -0.2) is 0 Å². The van der Waals surface area contributed by atoms with Crippen LogP contribution in [0.2, 0.25) is 5.02 Å². The number of hydrogen-bond acceptors (Lipinski definition) is 1. The first-order valence-corrected chi connectivity index (χ1v) is 7.13. The SMILES string of the molecule is C[C@@H](NC(C1CC1)C1CC1)c1ccc(Cl)cc1. The molecule has 3 rings (SSSR count). The Balaban J connectivity index is 1.64. The average Bonchev–Trinajstić information content (AvgIpc) is 3.17. The van der Waals surface area contributed by atoms with Crippen LogP contribution in [0.5, 0.6) is 0 Å². The van der Waals surface area contributed by atoms with Crippen LogP contribution in [0, 0.1) is 11.8 Å². The summed E-state index contributed by atoms with van der Waals surface area (Å²) in [7, 11) is 0. The molecule has 1 aromatic rings. The molecule has 1 atom stereocenters. The Labute approximate surface area is 109 Å². The maximum absolute atomic E-state index is 5.92. The largest absolute Gasteiger partial charge is 0.307 e. The molecule has 2 heteroatoms. The minimum absolute atomic E-state index is 0.443. The number of rotatable bonds is 5. The Morgan fingerprint density at radius 3 is 2.06 bits per heavy atom. The van der Waals surface area contributed by atoms with E-state index in [1.807, 2.05) is 12.1 Å². The number of benzene rings is 1. The molecule has 0 radical (unpaired) electrons. The van der Waals surface area contributed by atoms with E-state index in [0.717, 1.165) is 22.9 Å². The lowest BCUT2D eigenvalue weighted by molar-refractivity contribution is 0.377. The molecule has 2 saturated carbocycles. The van der Waals surface area contributed by atoms with Crippen molar-refractivity contribution < 1.29 is 0 Å². The average molecular weight is 250 g/mol. The predicted octanol–water partition coefficient (Wildman–Crippen LogP) is 4.18. The molecule has 0 heterocycles. The third-order valence-electron chi connectivity index (χ3n) is 4.07. The van der Waals surface area contributed by atoms with Crippen LogP contribution in [-0.2, 0) is 0 Å². The topological polar surface area (TPSA) is 12.0 Å². The molecule has 2 fully saturated rings. The second kappa shape index (κ2) is 4.62. The van der Waals surface area contributed by atoms with E-state index in [-0.39, 0.29) is 0 Å².